The molecule has 1 aliphatic heterocycles. The van der Waals surface area contributed by atoms with Gasteiger partial charge in [-0.2, -0.15) is 0 Å². The molecule has 1 aromatic carbocycles. The Morgan fingerprint density at radius 1 is 1.28 bits per heavy atom. The molecular weight excluding hydrogens is 222 g/mol. The summed E-state index contributed by atoms with van der Waals surface area (Å²) in [5.74, 6) is 1.12. The lowest BCUT2D eigenvalue weighted by Crippen LogP contribution is -2.51. The molecule has 0 aromatic heterocycles. The quantitative estimate of drug-likeness (QED) is 0.853. The highest BCUT2D eigenvalue weighted by atomic mass is 16.3. The van der Waals surface area contributed by atoms with Gasteiger partial charge in [0.25, 0.3) is 0 Å². The second-order valence-corrected chi connectivity index (χ2v) is 6.07. The number of benzene rings is 1. The predicted octanol–water partition coefficient (Wildman–Crippen LogP) is 3.49. The monoisotopic (exact) mass is 247 g/mol. The smallest absolute Gasteiger partial charge is 0.118 e. The van der Waals surface area contributed by atoms with E-state index in [1.54, 1.807) is 6.07 Å². The molecule has 2 N–H and O–H groups in total. The number of phenols is 1. The highest BCUT2D eigenvalue weighted by molar-refractivity contribution is 5.33. The van der Waals surface area contributed by atoms with Crippen molar-refractivity contribution in [1.82, 2.24) is 5.32 Å². The van der Waals surface area contributed by atoms with Crippen LogP contribution in [0.2, 0.25) is 0 Å². The van der Waals surface area contributed by atoms with Gasteiger partial charge in [0.15, 0.2) is 0 Å². The lowest BCUT2D eigenvalue weighted by atomic mass is 9.77. The maximum Gasteiger partial charge on any atom is 0.118 e. The Morgan fingerprint density at radius 2 is 2.06 bits per heavy atom. The van der Waals surface area contributed by atoms with Crippen molar-refractivity contribution in [2.24, 2.45) is 5.92 Å². The van der Waals surface area contributed by atoms with Crippen molar-refractivity contribution in [3.8, 4) is 5.75 Å². The molecule has 1 heterocycles. The summed E-state index contributed by atoms with van der Waals surface area (Å²) in [5, 5.41) is 13.7. The molecule has 0 aliphatic carbocycles. The standard InChI is InChI=1S/C16H25NO/c1-13(2)11-16(9-5-6-10-17-16)12-14-7-3-4-8-15(14)18/h3-4,7-8,13,17-18H,5-6,9-12H2,1-2H3. The molecule has 2 nitrogen and oxygen atoms in total. The summed E-state index contributed by atoms with van der Waals surface area (Å²) in [5.41, 5.74) is 1.26. The van der Waals surface area contributed by atoms with Gasteiger partial charge in [-0.1, -0.05) is 38.5 Å². The van der Waals surface area contributed by atoms with Gasteiger partial charge in [0.1, 0.15) is 5.75 Å². The van der Waals surface area contributed by atoms with Gasteiger partial charge in [-0.25, -0.2) is 0 Å². The fourth-order valence-electron chi connectivity index (χ4n) is 3.23. The highest BCUT2D eigenvalue weighted by Crippen LogP contribution is 2.32. The van der Waals surface area contributed by atoms with Crippen LogP contribution in [0.4, 0.5) is 0 Å². The molecule has 100 valence electrons. The third-order valence-corrected chi connectivity index (χ3v) is 3.90. The SMILES string of the molecule is CC(C)CC1(Cc2ccccc2O)CCCCN1. The first-order valence-electron chi connectivity index (χ1n) is 7.13. The molecule has 0 amide bonds. The third kappa shape index (κ3) is 3.26. The molecule has 1 fully saturated rings. The number of para-hydroxylation sites is 1. The third-order valence-electron chi connectivity index (χ3n) is 3.90. The average molecular weight is 247 g/mol. The van der Waals surface area contributed by atoms with E-state index in [4.69, 9.17) is 0 Å². The van der Waals surface area contributed by atoms with E-state index in [9.17, 15) is 5.11 Å². The normalized spacial score (nSPS) is 24.4. The van der Waals surface area contributed by atoms with Gasteiger partial charge in [0.05, 0.1) is 0 Å². The minimum absolute atomic E-state index is 0.186. The summed E-state index contributed by atoms with van der Waals surface area (Å²) in [6.07, 6.45) is 5.92. The van der Waals surface area contributed by atoms with E-state index in [1.165, 1.54) is 25.7 Å². The fourth-order valence-corrected chi connectivity index (χ4v) is 3.23. The van der Waals surface area contributed by atoms with Crippen LogP contribution in [0.25, 0.3) is 0 Å². The summed E-state index contributed by atoms with van der Waals surface area (Å²) < 4.78 is 0. The Labute approximate surface area is 110 Å². The lowest BCUT2D eigenvalue weighted by Gasteiger charge is -2.40. The number of phenolic OH excluding ortho intramolecular Hbond substituents is 1. The number of nitrogens with one attached hydrogen (secondary N) is 1. The van der Waals surface area contributed by atoms with Gasteiger partial charge in [0.2, 0.25) is 0 Å². The van der Waals surface area contributed by atoms with Crippen LogP contribution < -0.4 is 5.32 Å². The molecule has 0 spiro atoms. The summed E-state index contributed by atoms with van der Waals surface area (Å²) in [4.78, 5) is 0. The molecule has 18 heavy (non-hydrogen) atoms. The van der Waals surface area contributed by atoms with E-state index in [1.807, 2.05) is 18.2 Å². The van der Waals surface area contributed by atoms with Crippen molar-refractivity contribution in [1.29, 1.82) is 0 Å². The highest BCUT2D eigenvalue weighted by Gasteiger charge is 2.33. The number of aromatic hydroxyl groups is 1. The topological polar surface area (TPSA) is 32.3 Å². The molecule has 0 saturated carbocycles. The van der Waals surface area contributed by atoms with Crippen molar-refractivity contribution >= 4 is 0 Å². The van der Waals surface area contributed by atoms with Gasteiger partial charge in [0, 0.05) is 5.54 Å². The number of rotatable bonds is 4. The molecule has 2 heteroatoms. The summed E-state index contributed by atoms with van der Waals surface area (Å²) in [7, 11) is 0. The minimum Gasteiger partial charge on any atom is -0.508 e. The zero-order chi connectivity index (χ0) is 13.0. The van der Waals surface area contributed by atoms with Crippen LogP contribution in [-0.2, 0) is 6.42 Å². The average Bonchev–Trinajstić information content (AvgIpc) is 2.32. The maximum absolute atomic E-state index is 9.96. The second kappa shape index (κ2) is 5.75. The molecule has 0 radical (unpaired) electrons. The van der Waals surface area contributed by atoms with Crippen LogP contribution >= 0.6 is 0 Å². The molecule has 0 bridgehead atoms. The number of hydrogen-bond donors (Lipinski definition) is 2. The van der Waals surface area contributed by atoms with E-state index in [0.717, 1.165) is 18.5 Å². The van der Waals surface area contributed by atoms with Crippen molar-refractivity contribution < 1.29 is 5.11 Å². The van der Waals surface area contributed by atoms with Crippen molar-refractivity contribution in [3.63, 3.8) is 0 Å². The molecule has 1 aliphatic rings. The molecule has 1 atom stereocenters. The predicted molar refractivity (Wildman–Crippen MR) is 75.9 cm³/mol. The number of hydrogen-bond acceptors (Lipinski definition) is 2. The van der Waals surface area contributed by atoms with Crippen LogP contribution in [0, 0.1) is 5.92 Å². The van der Waals surface area contributed by atoms with Crippen LogP contribution in [0.5, 0.6) is 5.75 Å². The Kier molecular flexibility index (Phi) is 4.28. The van der Waals surface area contributed by atoms with Crippen molar-refractivity contribution in [2.45, 2.75) is 51.5 Å². The first-order valence-corrected chi connectivity index (χ1v) is 7.13. The second-order valence-electron chi connectivity index (χ2n) is 6.07. The Hall–Kier alpha value is -1.02. The van der Waals surface area contributed by atoms with Crippen LogP contribution in [0.1, 0.15) is 45.1 Å². The Bertz CT molecular complexity index is 380. The van der Waals surface area contributed by atoms with Crippen LogP contribution in [0.3, 0.4) is 0 Å². The van der Waals surface area contributed by atoms with Crippen LogP contribution in [0.15, 0.2) is 24.3 Å². The van der Waals surface area contributed by atoms with E-state index in [-0.39, 0.29) is 5.54 Å². The molecule has 1 aromatic rings. The first-order chi connectivity index (χ1) is 8.61. The minimum atomic E-state index is 0.186. The molecule has 1 unspecified atom stereocenters. The first kappa shape index (κ1) is 13.4. The zero-order valence-corrected chi connectivity index (χ0v) is 11.6. The van der Waals surface area contributed by atoms with Gasteiger partial charge < -0.3 is 10.4 Å². The number of piperidine rings is 1. The fraction of sp³-hybridized carbons (Fsp3) is 0.625. The van der Waals surface area contributed by atoms with E-state index < -0.39 is 0 Å². The van der Waals surface area contributed by atoms with Crippen molar-refractivity contribution in [3.05, 3.63) is 29.8 Å². The molecule has 1 saturated heterocycles. The zero-order valence-electron chi connectivity index (χ0n) is 11.6. The van der Waals surface area contributed by atoms with E-state index in [0.29, 0.717) is 11.7 Å². The van der Waals surface area contributed by atoms with Gasteiger partial charge in [-0.15, -0.1) is 0 Å². The molecule has 2 rings (SSSR count). The van der Waals surface area contributed by atoms with Crippen LogP contribution in [-0.4, -0.2) is 17.2 Å². The Balaban J connectivity index is 2.17. The van der Waals surface area contributed by atoms with Gasteiger partial charge in [-0.3, -0.25) is 0 Å². The summed E-state index contributed by atoms with van der Waals surface area (Å²) >= 11 is 0. The van der Waals surface area contributed by atoms with E-state index >= 15 is 0 Å². The van der Waals surface area contributed by atoms with E-state index in [2.05, 4.69) is 19.2 Å². The molecular formula is C16H25NO. The summed E-state index contributed by atoms with van der Waals surface area (Å²) in [6.45, 7) is 5.67. The van der Waals surface area contributed by atoms with Gasteiger partial charge >= 0.3 is 0 Å². The lowest BCUT2D eigenvalue weighted by molar-refractivity contribution is 0.209. The summed E-state index contributed by atoms with van der Waals surface area (Å²) in [6, 6.07) is 7.75. The van der Waals surface area contributed by atoms with Gasteiger partial charge in [-0.05, 0) is 49.8 Å². The Morgan fingerprint density at radius 3 is 2.67 bits per heavy atom. The maximum atomic E-state index is 9.96. The largest absolute Gasteiger partial charge is 0.508 e. The van der Waals surface area contributed by atoms with Crippen molar-refractivity contribution in [2.75, 3.05) is 6.54 Å².